The van der Waals surface area contributed by atoms with Crippen LogP contribution >= 0.6 is 0 Å². The molecule has 1 aromatic carbocycles. The topological polar surface area (TPSA) is 65.6 Å². The average Bonchev–Trinajstić information content (AvgIpc) is 2.39. The maximum atomic E-state index is 8.78. The van der Waals surface area contributed by atoms with Crippen LogP contribution < -0.4 is 4.74 Å². The van der Waals surface area contributed by atoms with Gasteiger partial charge in [0.2, 0.25) is 0 Å². The van der Waals surface area contributed by atoms with Gasteiger partial charge in [0, 0.05) is 0 Å². The second kappa shape index (κ2) is 6.54. The minimum Gasteiger partial charge on any atom is -0.476 e. The van der Waals surface area contributed by atoms with Gasteiger partial charge in [-0.2, -0.15) is 5.26 Å². The lowest BCUT2D eigenvalue weighted by molar-refractivity contribution is 0.252. The molecule has 0 spiro atoms. The van der Waals surface area contributed by atoms with E-state index in [-0.39, 0.29) is 0 Å². The lowest BCUT2D eigenvalue weighted by atomic mass is 10.1. The van der Waals surface area contributed by atoms with Crippen LogP contribution in [-0.2, 0) is 0 Å². The highest BCUT2D eigenvalue weighted by molar-refractivity contribution is 6.00. The third-order valence-electron chi connectivity index (χ3n) is 2.44. The van der Waals surface area contributed by atoms with Crippen LogP contribution in [0.3, 0.4) is 0 Å². The predicted octanol–water partition coefficient (Wildman–Crippen LogP) is 2.96. The Morgan fingerprint density at radius 2 is 2.06 bits per heavy atom. The first kappa shape index (κ1) is 13.0. The van der Waals surface area contributed by atoms with Gasteiger partial charge < -0.3 is 9.94 Å². The highest BCUT2D eigenvalue weighted by atomic mass is 16.5. The molecular formula is C13H16N2O2. The van der Waals surface area contributed by atoms with Crippen LogP contribution in [0.25, 0.3) is 0 Å². The zero-order chi connectivity index (χ0) is 12.7. The molecule has 0 saturated heterocycles. The average molecular weight is 232 g/mol. The zero-order valence-electron chi connectivity index (χ0n) is 10.1. The van der Waals surface area contributed by atoms with Crippen LogP contribution in [0.4, 0.5) is 0 Å². The third-order valence-corrected chi connectivity index (χ3v) is 2.44. The molecule has 0 heterocycles. The highest BCUT2D eigenvalue weighted by Gasteiger charge is 2.07. The van der Waals surface area contributed by atoms with Crippen molar-refractivity contribution >= 4 is 5.71 Å². The normalized spacial score (nSPS) is 12.9. The van der Waals surface area contributed by atoms with Crippen molar-refractivity contribution in [2.24, 2.45) is 5.16 Å². The molecule has 4 heteroatoms. The summed E-state index contributed by atoms with van der Waals surface area (Å²) in [7, 11) is 0. The Morgan fingerprint density at radius 1 is 1.41 bits per heavy atom. The van der Waals surface area contributed by atoms with E-state index < -0.39 is 6.10 Å². The van der Waals surface area contributed by atoms with Crippen LogP contribution in [0.2, 0.25) is 0 Å². The van der Waals surface area contributed by atoms with E-state index in [1.807, 2.05) is 26.0 Å². The number of oxime groups is 1. The summed E-state index contributed by atoms with van der Waals surface area (Å²) < 4.78 is 5.45. The first-order chi connectivity index (χ1) is 8.24. The molecule has 17 heavy (non-hydrogen) atoms. The number of nitrogens with zero attached hydrogens (tertiary/aromatic N) is 2. The van der Waals surface area contributed by atoms with Gasteiger partial charge in [0.05, 0.1) is 5.71 Å². The monoisotopic (exact) mass is 232 g/mol. The lowest BCUT2D eigenvalue weighted by Gasteiger charge is -2.10. The standard InChI is InChI=1S/C13H16N2O2/c1-3-11(9-14)17-12-7-5-10(6-8-12)13(4-2)15-16/h5-8,11,16H,3-4H2,1-2H3. The van der Waals surface area contributed by atoms with Crippen molar-refractivity contribution in [2.45, 2.75) is 32.8 Å². The second-order valence-corrected chi connectivity index (χ2v) is 3.57. The van der Waals surface area contributed by atoms with Crippen LogP contribution in [0.1, 0.15) is 32.3 Å². The van der Waals surface area contributed by atoms with E-state index in [0.29, 0.717) is 24.3 Å². The molecule has 0 radical (unpaired) electrons. The Kier molecular flexibility index (Phi) is 5.02. The van der Waals surface area contributed by atoms with E-state index in [1.54, 1.807) is 12.1 Å². The molecule has 1 N–H and O–H groups in total. The van der Waals surface area contributed by atoms with E-state index in [2.05, 4.69) is 11.2 Å². The number of nitriles is 1. The molecule has 1 aromatic rings. The molecule has 0 amide bonds. The molecule has 0 bridgehead atoms. The molecule has 0 aromatic heterocycles. The van der Waals surface area contributed by atoms with Crippen molar-refractivity contribution in [3.63, 3.8) is 0 Å². The van der Waals surface area contributed by atoms with E-state index in [9.17, 15) is 0 Å². The van der Waals surface area contributed by atoms with E-state index in [4.69, 9.17) is 15.2 Å². The summed E-state index contributed by atoms with van der Waals surface area (Å²) in [5.41, 5.74) is 1.48. The summed E-state index contributed by atoms with van der Waals surface area (Å²) >= 11 is 0. The number of ether oxygens (including phenoxy) is 1. The minimum atomic E-state index is -0.419. The summed E-state index contributed by atoms with van der Waals surface area (Å²) in [5.74, 6) is 0.649. The fourth-order valence-corrected chi connectivity index (χ4v) is 1.42. The number of rotatable bonds is 5. The Labute approximate surface area is 101 Å². The van der Waals surface area contributed by atoms with Crippen molar-refractivity contribution < 1.29 is 9.94 Å². The van der Waals surface area contributed by atoms with Gasteiger partial charge in [-0.05, 0) is 42.7 Å². The summed E-state index contributed by atoms with van der Waals surface area (Å²) in [6, 6.07) is 9.26. The third kappa shape index (κ3) is 3.49. The van der Waals surface area contributed by atoms with Gasteiger partial charge in [-0.15, -0.1) is 0 Å². The van der Waals surface area contributed by atoms with Crippen LogP contribution in [0.5, 0.6) is 5.75 Å². The quantitative estimate of drug-likeness (QED) is 0.482. The summed E-state index contributed by atoms with van der Waals surface area (Å²) in [6.07, 6.45) is 0.890. The fraction of sp³-hybridized carbons (Fsp3) is 0.385. The molecule has 1 atom stereocenters. The second-order valence-electron chi connectivity index (χ2n) is 3.57. The largest absolute Gasteiger partial charge is 0.476 e. The molecule has 1 unspecified atom stereocenters. The predicted molar refractivity (Wildman–Crippen MR) is 65.4 cm³/mol. The van der Waals surface area contributed by atoms with Gasteiger partial charge in [-0.25, -0.2) is 0 Å². The number of hydrogen-bond acceptors (Lipinski definition) is 4. The van der Waals surface area contributed by atoms with Crippen molar-refractivity contribution in [3.05, 3.63) is 29.8 Å². The maximum Gasteiger partial charge on any atom is 0.184 e. The Morgan fingerprint density at radius 3 is 2.47 bits per heavy atom. The first-order valence-electron chi connectivity index (χ1n) is 5.62. The lowest BCUT2D eigenvalue weighted by Crippen LogP contribution is -2.12. The van der Waals surface area contributed by atoms with E-state index in [0.717, 1.165) is 5.56 Å². The molecule has 0 saturated carbocycles. The van der Waals surface area contributed by atoms with Crippen molar-refractivity contribution in [1.82, 2.24) is 0 Å². The minimum absolute atomic E-state index is 0.419. The molecule has 0 fully saturated rings. The first-order valence-corrected chi connectivity index (χ1v) is 5.62. The SMILES string of the molecule is CCC(=NO)c1ccc(OC(C#N)CC)cc1. The molecule has 0 aliphatic rings. The van der Waals surface area contributed by atoms with E-state index in [1.165, 1.54) is 0 Å². The van der Waals surface area contributed by atoms with Gasteiger partial charge in [-0.3, -0.25) is 0 Å². The highest BCUT2D eigenvalue weighted by Crippen LogP contribution is 2.16. The van der Waals surface area contributed by atoms with Gasteiger partial charge in [0.1, 0.15) is 11.8 Å². The summed E-state index contributed by atoms with van der Waals surface area (Å²) in [5, 5.41) is 20.8. The smallest absolute Gasteiger partial charge is 0.184 e. The number of hydrogen-bond donors (Lipinski definition) is 1. The van der Waals surface area contributed by atoms with Crippen LogP contribution in [0.15, 0.2) is 29.4 Å². The Balaban J connectivity index is 2.78. The van der Waals surface area contributed by atoms with Gasteiger partial charge in [-0.1, -0.05) is 19.0 Å². The van der Waals surface area contributed by atoms with Crippen molar-refractivity contribution in [2.75, 3.05) is 0 Å². The molecule has 1 rings (SSSR count). The fourth-order valence-electron chi connectivity index (χ4n) is 1.42. The van der Waals surface area contributed by atoms with Crippen molar-refractivity contribution in [3.8, 4) is 11.8 Å². The van der Waals surface area contributed by atoms with E-state index >= 15 is 0 Å². The summed E-state index contributed by atoms with van der Waals surface area (Å²) in [4.78, 5) is 0. The van der Waals surface area contributed by atoms with Crippen molar-refractivity contribution in [1.29, 1.82) is 5.26 Å². The Hall–Kier alpha value is -2.02. The molecule has 4 nitrogen and oxygen atoms in total. The van der Waals surface area contributed by atoms with Crippen LogP contribution in [-0.4, -0.2) is 17.0 Å². The maximum absolute atomic E-state index is 8.78. The molecule has 0 aliphatic heterocycles. The zero-order valence-corrected chi connectivity index (χ0v) is 10.1. The van der Waals surface area contributed by atoms with Gasteiger partial charge in [0.25, 0.3) is 0 Å². The number of benzene rings is 1. The van der Waals surface area contributed by atoms with Gasteiger partial charge in [0.15, 0.2) is 6.10 Å². The van der Waals surface area contributed by atoms with Gasteiger partial charge >= 0.3 is 0 Å². The molecular weight excluding hydrogens is 216 g/mol. The molecule has 90 valence electrons. The summed E-state index contributed by atoms with van der Waals surface area (Å²) in [6.45, 7) is 3.82. The van der Waals surface area contributed by atoms with Crippen LogP contribution in [0, 0.1) is 11.3 Å². The Bertz CT molecular complexity index is 418. The molecule has 0 aliphatic carbocycles.